The molecule has 1 spiro atoms. The molecule has 5 rings (SSSR count). The number of allylic oxidation sites excluding steroid dienone is 2. The number of halogens is 1. The van der Waals surface area contributed by atoms with Crippen molar-refractivity contribution in [1.82, 2.24) is 15.5 Å². The highest BCUT2D eigenvalue weighted by atomic mass is 19.1. The zero-order valence-electron chi connectivity index (χ0n) is 24.2. The second kappa shape index (κ2) is 13.6. The van der Waals surface area contributed by atoms with Crippen molar-refractivity contribution in [3.8, 4) is 0 Å². The van der Waals surface area contributed by atoms with Gasteiger partial charge in [-0.05, 0) is 68.2 Å². The third kappa shape index (κ3) is 7.44. The van der Waals surface area contributed by atoms with Crippen molar-refractivity contribution in [3.63, 3.8) is 0 Å². The molecule has 3 aliphatic rings. The van der Waals surface area contributed by atoms with Crippen LogP contribution in [0.1, 0.15) is 43.2 Å². The van der Waals surface area contributed by atoms with Crippen molar-refractivity contribution in [2.45, 2.75) is 57.5 Å². The zero-order valence-corrected chi connectivity index (χ0v) is 24.2. The summed E-state index contributed by atoms with van der Waals surface area (Å²) in [5, 5.41) is 9.09. The first-order chi connectivity index (χ1) is 20.3. The second-order valence-corrected chi connectivity index (χ2v) is 12.0. The van der Waals surface area contributed by atoms with Gasteiger partial charge >= 0.3 is 0 Å². The number of ether oxygens (including phenoxy) is 1. The van der Waals surface area contributed by atoms with Crippen LogP contribution in [0.15, 0.2) is 60.7 Å². The maximum absolute atomic E-state index is 14.2. The smallest absolute Gasteiger partial charge is 0.243 e. The number of nitrogens with one attached hydrogen (secondary N) is 3. The third-order valence-corrected chi connectivity index (χ3v) is 8.86. The molecule has 8 nitrogen and oxygen atoms in total. The number of piperidine rings is 1. The summed E-state index contributed by atoms with van der Waals surface area (Å²) in [5.74, 6) is -0.915. The fourth-order valence-corrected chi connectivity index (χ4v) is 6.33. The van der Waals surface area contributed by atoms with E-state index in [9.17, 15) is 18.8 Å². The minimum absolute atomic E-state index is 0.0839. The van der Waals surface area contributed by atoms with E-state index in [-0.39, 0.29) is 41.9 Å². The van der Waals surface area contributed by atoms with Gasteiger partial charge in [-0.1, -0.05) is 48.6 Å². The number of rotatable bonds is 5. The minimum Gasteiger partial charge on any atom is -0.381 e. The molecule has 0 bridgehead atoms. The molecule has 0 aliphatic carbocycles. The van der Waals surface area contributed by atoms with Crippen LogP contribution in [0.4, 0.5) is 10.1 Å². The van der Waals surface area contributed by atoms with Crippen LogP contribution in [-0.2, 0) is 25.5 Å². The summed E-state index contributed by atoms with van der Waals surface area (Å²) < 4.78 is 19.8. The third-order valence-electron chi connectivity index (χ3n) is 8.86. The van der Waals surface area contributed by atoms with Crippen molar-refractivity contribution in [2.75, 3.05) is 38.2 Å². The Morgan fingerprint density at radius 2 is 1.88 bits per heavy atom. The van der Waals surface area contributed by atoms with Gasteiger partial charge in [-0.2, -0.15) is 0 Å². The number of amides is 3. The van der Waals surface area contributed by atoms with Crippen molar-refractivity contribution in [1.29, 1.82) is 0 Å². The number of aryl methyl sites for hydroxylation is 1. The van der Waals surface area contributed by atoms with Gasteiger partial charge in [-0.25, -0.2) is 4.39 Å². The van der Waals surface area contributed by atoms with Crippen LogP contribution in [0.2, 0.25) is 0 Å². The molecule has 42 heavy (non-hydrogen) atoms. The Balaban J connectivity index is 1.31. The van der Waals surface area contributed by atoms with E-state index in [1.54, 1.807) is 12.1 Å². The van der Waals surface area contributed by atoms with Crippen LogP contribution in [0, 0.1) is 24.1 Å². The van der Waals surface area contributed by atoms with E-state index in [1.807, 2.05) is 37.3 Å². The predicted octanol–water partition coefficient (Wildman–Crippen LogP) is 3.75. The van der Waals surface area contributed by atoms with Gasteiger partial charge in [0, 0.05) is 38.8 Å². The molecule has 3 aliphatic heterocycles. The Kier molecular flexibility index (Phi) is 9.69. The minimum atomic E-state index is -0.697. The molecular weight excluding hydrogens is 535 g/mol. The topological polar surface area (TPSA) is 99.8 Å². The highest BCUT2D eigenvalue weighted by Crippen LogP contribution is 2.36. The van der Waals surface area contributed by atoms with Gasteiger partial charge in [0.1, 0.15) is 11.9 Å². The van der Waals surface area contributed by atoms with Crippen LogP contribution in [-0.4, -0.2) is 67.6 Å². The van der Waals surface area contributed by atoms with Gasteiger partial charge < -0.3 is 20.7 Å². The lowest BCUT2D eigenvalue weighted by Gasteiger charge is -2.40. The Morgan fingerprint density at radius 1 is 1.10 bits per heavy atom. The maximum atomic E-state index is 14.2. The average Bonchev–Trinajstić information content (AvgIpc) is 2.98. The summed E-state index contributed by atoms with van der Waals surface area (Å²) in [4.78, 5) is 42.3. The largest absolute Gasteiger partial charge is 0.381 e. The van der Waals surface area contributed by atoms with Crippen LogP contribution in [0.3, 0.4) is 0 Å². The van der Waals surface area contributed by atoms with Crippen LogP contribution < -0.4 is 16.0 Å². The van der Waals surface area contributed by atoms with E-state index in [1.165, 1.54) is 6.07 Å². The first kappa shape index (κ1) is 29.9. The number of carbonyl (C=O) groups excluding carboxylic acids is 3. The number of likely N-dealkylation sites (tertiary alicyclic amines) is 1. The number of carbonyl (C=O) groups is 3. The highest BCUT2D eigenvalue weighted by molar-refractivity contribution is 5.92. The van der Waals surface area contributed by atoms with Gasteiger partial charge in [0.2, 0.25) is 17.7 Å². The summed E-state index contributed by atoms with van der Waals surface area (Å²) in [6, 6.07) is 13.6. The molecule has 2 saturated heterocycles. The molecule has 2 aromatic rings. The Labute approximate surface area is 247 Å². The molecule has 224 valence electrons. The lowest BCUT2D eigenvalue weighted by Crippen LogP contribution is -2.58. The summed E-state index contributed by atoms with van der Waals surface area (Å²) >= 11 is 0. The predicted molar refractivity (Wildman–Crippen MR) is 159 cm³/mol. The van der Waals surface area contributed by atoms with Gasteiger partial charge in [0.25, 0.3) is 0 Å². The van der Waals surface area contributed by atoms with Crippen molar-refractivity contribution in [3.05, 3.63) is 77.6 Å². The molecule has 3 heterocycles. The standard InChI is InChI=1S/C33H41FN4O4/c1-23-10-11-26(34)28(19-23)35-30(39)22-38-16-12-27-25(21-38)9-5-6-13-33(14-17-42-18-15-33)32(41)37-29(31(40)36-27)20-24-7-3-2-4-8-24/h2-8,10-11,19,25,27,29H,9,12-18,20-22H2,1H3,(H,35,39)(H,36,40)(H,37,41)/t25-,27+,29-/m1/s1. The molecule has 3 amide bonds. The summed E-state index contributed by atoms with van der Waals surface area (Å²) in [6.45, 7) is 4.27. The molecular formula is C33H41FN4O4. The molecule has 0 unspecified atom stereocenters. The number of benzene rings is 2. The lowest BCUT2D eigenvalue weighted by molar-refractivity contribution is -0.140. The number of hydrogen-bond donors (Lipinski definition) is 3. The van der Waals surface area contributed by atoms with E-state index in [0.29, 0.717) is 64.8 Å². The van der Waals surface area contributed by atoms with Crippen LogP contribution in [0.25, 0.3) is 0 Å². The average molecular weight is 577 g/mol. The normalized spacial score (nSPS) is 25.0. The van der Waals surface area contributed by atoms with Gasteiger partial charge in [-0.3, -0.25) is 19.3 Å². The molecule has 3 N–H and O–H groups in total. The fourth-order valence-electron chi connectivity index (χ4n) is 6.33. The van der Waals surface area contributed by atoms with Gasteiger partial charge in [-0.15, -0.1) is 0 Å². The van der Waals surface area contributed by atoms with Gasteiger partial charge in [0.15, 0.2) is 0 Å². The number of nitrogens with zero attached hydrogens (tertiary/aromatic N) is 1. The second-order valence-electron chi connectivity index (χ2n) is 12.0. The molecule has 2 aromatic carbocycles. The highest BCUT2D eigenvalue weighted by Gasteiger charge is 2.41. The summed E-state index contributed by atoms with van der Waals surface area (Å²) in [5.41, 5.74) is 1.43. The Hall–Kier alpha value is -3.56. The number of hydrogen-bond acceptors (Lipinski definition) is 5. The molecule has 9 heteroatoms. The molecule has 0 aromatic heterocycles. The quantitative estimate of drug-likeness (QED) is 0.471. The molecule has 0 saturated carbocycles. The maximum Gasteiger partial charge on any atom is 0.243 e. The van der Waals surface area contributed by atoms with Crippen molar-refractivity contribution < 1.29 is 23.5 Å². The molecule has 0 radical (unpaired) electrons. The summed E-state index contributed by atoms with van der Waals surface area (Å²) in [7, 11) is 0. The van der Waals surface area contributed by atoms with E-state index in [0.717, 1.165) is 11.1 Å². The van der Waals surface area contributed by atoms with E-state index in [2.05, 4.69) is 33.0 Å². The summed E-state index contributed by atoms with van der Waals surface area (Å²) in [6.07, 6.45) is 7.82. The van der Waals surface area contributed by atoms with Gasteiger partial charge in [0.05, 0.1) is 17.6 Å². The van der Waals surface area contributed by atoms with Crippen LogP contribution >= 0.6 is 0 Å². The Bertz CT molecular complexity index is 1290. The zero-order chi connectivity index (χ0) is 29.5. The number of fused-ring (bicyclic) bond motifs is 1. The lowest BCUT2D eigenvalue weighted by atomic mass is 9.75. The van der Waals surface area contributed by atoms with Crippen LogP contribution in [0.5, 0.6) is 0 Å². The van der Waals surface area contributed by atoms with Crippen molar-refractivity contribution in [2.24, 2.45) is 11.3 Å². The molecule has 3 atom stereocenters. The van der Waals surface area contributed by atoms with Crippen molar-refractivity contribution >= 4 is 23.4 Å². The van der Waals surface area contributed by atoms with E-state index < -0.39 is 17.3 Å². The van der Waals surface area contributed by atoms with E-state index >= 15 is 0 Å². The first-order valence-corrected chi connectivity index (χ1v) is 15.0. The fraction of sp³-hybridized carbons (Fsp3) is 0.485. The number of anilines is 1. The first-order valence-electron chi connectivity index (χ1n) is 15.0. The monoisotopic (exact) mass is 576 g/mol. The Morgan fingerprint density at radius 3 is 2.67 bits per heavy atom. The van der Waals surface area contributed by atoms with E-state index in [4.69, 9.17) is 4.74 Å². The SMILES string of the molecule is Cc1ccc(F)c(NC(=O)CN2CC[C@@H]3NC(=O)[C@@H](Cc4ccccc4)NC(=O)C4(CC=CC[C@@H]3C2)CCOCC4)c1. The molecule has 2 fully saturated rings.